The number of aliphatic hydroxyl groups excluding tert-OH is 1. The van der Waals surface area contributed by atoms with E-state index >= 15 is 0 Å². The maximum atomic E-state index is 11.9. The molecule has 1 rings (SSSR count). The van der Waals surface area contributed by atoms with Gasteiger partial charge < -0.3 is 15.7 Å². The molecule has 2 unspecified atom stereocenters. The van der Waals surface area contributed by atoms with Crippen LogP contribution in [0, 0.1) is 5.92 Å². The first-order chi connectivity index (χ1) is 9.47. The molecule has 0 aromatic heterocycles. The van der Waals surface area contributed by atoms with Gasteiger partial charge >= 0.3 is 6.03 Å². The van der Waals surface area contributed by atoms with Crippen molar-refractivity contribution in [2.24, 2.45) is 5.92 Å². The summed E-state index contributed by atoms with van der Waals surface area (Å²) in [6.45, 7) is 8.05. The lowest BCUT2D eigenvalue weighted by molar-refractivity contribution is 0.212. The average Bonchev–Trinajstić information content (AvgIpc) is 2.44. The van der Waals surface area contributed by atoms with E-state index in [-0.39, 0.29) is 24.7 Å². The minimum absolute atomic E-state index is 0.0943. The van der Waals surface area contributed by atoms with Crippen molar-refractivity contribution in [1.29, 1.82) is 0 Å². The van der Waals surface area contributed by atoms with Gasteiger partial charge in [-0.15, -0.1) is 0 Å². The number of hydrogen-bond donors (Lipinski definition) is 3. The van der Waals surface area contributed by atoms with Crippen LogP contribution in [0.15, 0.2) is 24.3 Å². The number of urea groups is 1. The first-order valence-corrected chi connectivity index (χ1v) is 7.24. The molecule has 0 aliphatic heterocycles. The van der Waals surface area contributed by atoms with Crippen LogP contribution in [-0.2, 0) is 6.42 Å². The highest BCUT2D eigenvalue weighted by Gasteiger charge is 2.16. The van der Waals surface area contributed by atoms with Crippen LogP contribution in [0.3, 0.4) is 0 Å². The highest BCUT2D eigenvalue weighted by Crippen LogP contribution is 2.14. The topological polar surface area (TPSA) is 61.4 Å². The molecule has 0 aliphatic carbocycles. The molecule has 20 heavy (non-hydrogen) atoms. The van der Waals surface area contributed by atoms with Gasteiger partial charge in [-0.2, -0.15) is 0 Å². The van der Waals surface area contributed by atoms with Crippen LogP contribution >= 0.6 is 0 Å². The lowest BCUT2D eigenvalue weighted by atomic mass is 10.0. The zero-order valence-electron chi connectivity index (χ0n) is 12.8. The van der Waals surface area contributed by atoms with Gasteiger partial charge in [-0.05, 0) is 30.4 Å². The van der Waals surface area contributed by atoms with Crippen molar-refractivity contribution < 1.29 is 9.90 Å². The summed E-state index contributed by atoms with van der Waals surface area (Å²) in [5.74, 6) is 0.372. The largest absolute Gasteiger partial charge is 0.394 e. The van der Waals surface area contributed by atoms with Crippen molar-refractivity contribution in [1.82, 2.24) is 10.6 Å². The van der Waals surface area contributed by atoms with Crippen molar-refractivity contribution in [3.8, 4) is 0 Å². The molecule has 1 aromatic rings. The first kappa shape index (κ1) is 16.5. The van der Waals surface area contributed by atoms with Gasteiger partial charge in [0.25, 0.3) is 0 Å². The molecule has 3 N–H and O–H groups in total. The zero-order chi connectivity index (χ0) is 15.1. The van der Waals surface area contributed by atoms with E-state index in [4.69, 9.17) is 0 Å². The van der Waals surface area contributed by atoms with Crippen LogP contribution in [0.25, 0.3) is 0 Å². The Hall–Kier alpha value is -1.55. The van der Waals surface area contributed by atoms with Crippen LogP contribution in [0.4, 0.5) is 4.79 Å². The second-order valence-corrected chi connectivity index (χ2v) is 5.48. The minimum atomic E-state index is -0.375. The molecule has 2 amide bonds. The highest BCUT2D eigenvalue weighted by molar-refractivity contribution is 5.74. The molecule has 112 valence electrons. The molecule has 0 heterocycles. The van der Waals surface area contributed by atoms with E-state index in [1.54, 1.807) is 0 Å². The highest BCUT2D eigenvalue weighted by atomic mass is 16.3. The molecular weight excluding hydrogens is 252 g/mol. The van der Waals surface area contributed by atoms with E-state index in [0.29, 0.717) is 5.92 Å². The Labute approximate surface area is 121 Å². The Bertz CT molecular complexity index is 415. The number of aliphatic hydroxyl groups is 1. The first-order valence-electron chi connectivity index (χ1n) is 7.24. The molecule has 0 radical (unpaired) electrons. The van der Waals surface area contributed by atoms with E-state index in [1.807, 2.05) is 31.2 Å². The van der Waals surface area contributed by atoms with Gasteiger partial charge in [0.1, 0.15) is 0 Å². The number of aryl methyl sites for hydroxylation is 1. The van der Waals surface area contributed by atoms with Crippen molar-refractivity contribution in [3.63, 3.8) is 0 Å². The van der Waals surface area contributed by atoms with Gasteiger partial charge in [0, 0.05) is 6.04 Å². The lowest BCUT2D eigenvalue weighted by Crippen LogP contribution is -2.44. The predicted octanol–water partition coefficient (Wildman–Crippen LogP) is 2.63. The molecular formula is C16H26N2O2. The van der Waals surface area contributed by atoms with Gasteiger partial charge in [-0.25, -0.2) is 4.79 Å². The summed E-state index contributed by atoms with van der Waals surface area (Å²) in [6, 6.07) is 7.42. The standard InChI is InChI=1S/C16H26N2O2/c1-5-13-6-8-14(9-7-13)15(10-19)18-16(20)17-12(4)11(2)3/h6-9,11-12,15,19H,5,10H2,1-4H3,(H2,17,18,20). The SMILES string of the molecule is CCc1ccc(C(CO)NC(=O)NC(C)C(C)C)cc1. The number of amides is 2. The van der Waals surface area contributed by atoms with E-state index in [0.717, 1.165) is 12.0 Å². The fourth-order valence-corrected chi connectivity index (χ4v) is 1.79. The van der Waals surface area contributed by atoms with Crippen molar-refractivity contribution in [2.45, 2.75) is 46.2 Å². The molecule has 0 saturated heterocycles. The summed E-state index contributed by atoms with van der Waals surface area (Å²) in [6.07, 6.45) is 0.976. The molecule has 0 aliphatic rings. The third-order valence-electron chi connectivity index (χ3n) is 3.64. The monoisotopic (exact) mass is 278 g/mol. The normalized spacial score (nSPS) is 13.9. The van der Waals surface area contributed by atoms with E-state index < -0.39 is 0 Å². The molecule has 4 heteroatoms. The number of hydrogen-bond acceptors (Lipinski definition) is 2. The fourth-order valence-electron chi connectivity index (χ4n) is 1.79. The summed E-state index contributed by atoms with van der Waals surface area (Å²) >= 11 is 0. The maximum absolute atomic E-state index is 11.9. The Kier molecular flexibility index (Phi) is 6.52. The molecule has 0 fully saturated rings. The lowest BCUT2D eigenvalue weighted by Gasteiger charge is -2.21. The number of rotatable bonds is 6. The van der Waals surface area contributed by atoms with Crippen LogP contribution in [0.1, 0.15) is 44.9 Å². The summed E-state index contributed by atoms with van der Waals surface area (Å²) in [5, 5.41) is 15.1. The van der Waals surface area contributed by atoms with Crippen LogP contribution < -0.4 is 10.6 Å². The van der Waals surface area contributed by atoms with E-state index in [9.17, 15) is 9.90 Å². The van der Waals surface area contributed by atoms with Gasteiger partial charge in [0.15, 0.2) is 0 Å². The van der Waals surface area contributed by atoms with Gasteiger partial charge in [0.2, 0.25) is 0 Å². The van der Waals surface area contributed by atoms with Gasteiger partial charge in [0.05, 0.1) is 12.6 Å². The molecule has 4 nitrogen and oxygen atoms in total. The second-order valence-electron chi connectivity index (χ2n) is 5.48. The quantitative estimate of drug-likeness (QED) is 0.749. The van der Waals surface area contributed by atoms with Crippen molar-refractivity contribution in [3.05, 3.63) is 35.4 Å². The second kappa shape index (κ2) is 7.90. The summed E-state index contributed by atoms with van der Waals surface area (Å²) in [7, 11) is 0. The Balaban J connectivity index is 2.64. The number of benzene rings is 1. The Morgan fingerprint density at radius 2 is 1.75 bits per heavy atom. The summed E-state index contributed by atoms with van der Waals surface area (Å²) in [4.78, 5) is 11.9. The average molecular weight is 278 g/mol. The van der Waals surface area contributed by atoms with E-state index in [1.165, 1.54) is 5.56 Å². The zero-order valence-corrected chi connectivity index (χ0v) is 12.8. The fraction of sp³-hybridized carbons (Fsp3) is 0.562. The summed E-state index contributed by atoms with van der Waals surface area (Å²) < 4.78 is 0. The molecule has 1 aromatic carbocycles. The summed E-state index contributed by atoms with van der Waals surface area (Å²) in [5.41, 5.74) is 2.15. The van der Waals surface area contributed by atoms with Crippen LogP contribution in [-0.4, -0.2) is 23.8 Å². The number of carbonyl (C=O) groups is 1. The van der Waals surface area contributed by atoms with Gasteiger partial charge in [-0.1, -0.05) is 45.0 Å². The number of carbonyl (C=O) groups excluding carboxylic acids is 1. The minimum Gasteiger partial charge on any atom is -0.394 e. The molecule has 2 atom stereocenters. The molecule has 0 bridgehead atoms. The molecule has 0 spiro atoms. The predicted molar refractivity (Wildman–Crippen MR) is 81.6 cm³/mol. The van der Waals surface area contributed by atoms with Crippen molar-refractivity contribution >= 4 is 6.03 Å². The molecule has 0 saturated carbocycles. The third kappa shape index (κ3) is 4.85. The third-order valence-corrected chi connectivity index (χ3v) is 3.64. The number of nitrogens with one attached hydrogen (secondary N) is 2. The van der Waals surface area contributed by atoms with Crippen molar-refractivity contribution in [2.75, 3.05) is 6.61 Å². The Morgan fingerprint density at radius 3 is 2.20 bits per heavy atom. The van der Waals surface area contributed by atoms with Gasteiger partial charge in [-0.3, -0.25) is 0 Å². The van der Waals surface area contributed by atoms with Crippen LogP contribution in [0.2, 0.25) is 0 Å². The maximum Gasteiger partial charge on any atom is 0.315 e. The van der Waals surface area contributed by atoms with Crippen LogP contribution in [0.5, 0.6) is 0 Å². The Morgan fingerprint density at radius 1 is 1.15 bits per heavy atom. The van der Waals surface area contributed by atoms with E-state index in [2.05, 4.69) is 31.4 Å². The smallest absolute Gasteiger partial charge is 0.315 e.